The van der Waals surface area contributed by atoms with Crippen LogP contribution in [0.2, 0.25) is 0 Å². The highest BCUT2D eigenvalue weighted by Crippen LogP contribution is 2.29. The van der Waals surface area contributed by atoms with E-state index in [1.54, 1.807) is 20.2 Å². The van der Waals surface area contributed by atoms with Crippen LogP contribution < -0.4 is 10.3 Å². The molecule has 2 rings (SSSR count). The normalized spacial score (nSPS) is 21.9. The third-order valence-corrected chi connectivity index (χ3v) is 4.72. The van der Waals surface area contributed by atoms with Gasteiger partial charge in [0, 0.05) is 39.3 Å². The molecule has 1 aromatic rings. The molecule has 0 unspecified atom stereocenters. The van der Waals surface area contributed by atoms with E-state index in [1.807, 2.05) is 11.9 Å². The summed E-state index contributed by atoms with van der Waals surface area (Å²) in [4.78, 5) is 24.9. The van der Waals surface area contributed by atoms with Crippen LogP contribution in [0.25, 0.3) is 0 Å². The van der Waals surface area contributed by atoms with Gasteiger partial charge in [-0.2, -0.15) is 0 Å². The summed E-state index contributed by atoms with van der Waals surface area (Å²) in [6.45, 7) is 1.60. The molecule has 0 radical (unpaired) electrons. The molecule has 0 bridgehead atoms. The van der Waals surface area contributed by atoms with Gasteiger partial charge < -0.3 is 14.2 Å². The van der Waals surface area contributed by atoms with Gasteiger partial charge in [0.2, 0.25) is 5.91 Å². The monoisotopic (exact) mass is 356 g/mol. The number of ether oxygens (including phenoxy) is 1. The predicted molar refractivity (Wildman–Crippen MR) is 84.5 cm³/mol. The van der Waals surface area contributed by atoms with E-state index in [2.05, 4.69) is 15.9 Å². The number of hydrogen-bond acceptors (Lipinski definition) is 3. The molecular formula is C15H21BrN2O3. The summed E-state index contributed by atoms with van der Waals surface area (Å²) in [5.74, 6) is 0.704. The average Bonchev–Trinajstić information content (AvgIpc) is 2.44. The van der Waals surface area contributed by atoms with Gasteiger partial charge in [-0.15, -0.1) is 0 Å². The summed E-state index contributed by atoms with van der Waals surface area (Å²) in [7, 11) is 3.56. The molecule has 1 aromatic heterocycles. The molecule has 1 fully saturated rings. The Kier molecular flexibility index (Phi) is 5.08. The minimum atomic E-state index is -0.0850. The zero-order valence-electron chi connectivity index (χ0n) is 12.6. The zero-order valence-corrected chi connectivity index (χ0v) is 14.2. The SMILES string of the molecule is CC(=O)N(C)[C@H]1CC[C@H](Oc2cc(=O)n(C)cc2Br)CC1. The molecule has 116 valence electrons. The summed E-state index contributed by atoms with van der Waals surface area (Å²) in [5, 5.41) is 0. The molecule has 0 spiro atoms. The maximum absolute atomic E-state index is 11.7. The van der Waals surface area contributed by atoms with Crippen LogP contribution in [0.15, 0.2) is 21.5 Å². The smallest absolute Gasteiger partial charge is 0.254 e. The van der Waals surface area contributed by atoms with Crippen molar-refractivity contribution in [2.75, 3.05) is 7.05 Å². The average molecular weight is 357 g/mol. The maximum atomic E-state index is 11.7. The zero-order chi connectivity index (χ0) is 15.6. The Morgan fingerprint density at radius 2 is 2.00 bits per heavy atom. The van der Waals surface area contributed by atoms with E-state index in [0.29, 0.717) is 11.8 Å². The van der Waals surface area contributed by atoms with E-state index in [0.717, 1.165) is 30.2 Å². The van der Waals surface area contributed by atoms with Crippen molar-refractivity contribution in [2.45, 2.75) is 44.8 Å². The first-order chi connectivity index (χ1) is 9.88. The fourth-order valence-corrected chi connectivity index (χ4v) is 3.17. The molecule has 0 aromatic carbocycles. The second-order valence-corrected chi connectivity index (χ2v) is 6.47. The molecule has 1 saturated carbocycles. The third-order valence-electron chi connectivity index (χ3n) is 4.13. The van der Waals surface area contributed by atoms with E-state index in [-0.39, 0.29) is 17.6 Å². The molecule has 5 nitrogen and oxygen atoms in total. The maximum Gasteiger partial charge on any atom is 0.254 e. The van der Waals surface area contributed by atoms with Crippen molar-refractivity contribution in [3.63, 3.8) is 0 Å². The lowest BCUT2D eigenvalue weighted by atomic mass is 9.92. The Morgan fingerprint density at radius 3 is 2.57 bits per heavy atom. The number of amides is 1. The summed E-state index contributed by atoms with van der Waals surface area (Å²) in [5.41, 5.74) is -0.0850. The van der Waals surface area contributed by atoms with Crippen LogP contribution in [-0.4, -0.2) is 34.6 Å². The van der Waals surface area contributed by atoms with Crippen molar-refractivity contribution in [1.82, 2.24) is 9.47 Å². The lowest BCUT2D eigenvalue weighted by Gasteiger charge is -2.34. The minimum Gasteiger partial charge on any atom is -0.489 e. The Hall–Kier alpha value is -1.30. The Morgan fingerprint density at radius 1 is 1.38 bits per heavy atom. The standard InChI is InChI=1S/C15H21BrN2O3/c1-10(19)18(3)11-4-6-12(7-5-11)21-14-8-15(20)17(2)9-13(14)16/h8-9,11-12H,4-7H2,1-3H3/t11-,12-. The van der Waals surface area contributed by atoms with Crippen LogP contribution in [0, 0.1) is 0 Å². The van der Waals surface area contributed by atoms with Crippen LogP contribution >= 0.6 is 15.9 Å². The van der Waals surface area contributed by atoms with E-state index >= 15 is 0 Å². The minimum absolute atomic E-state index is 0.0850. The number of halogens is 1. The first-order valence-electron chi connectivity index (χ1n) is 7.14. The predicted octanol–water partition coefficient (Wildman–Crippen LogP) is 2.32. The molecule has 21 heavy (non-hydrogen) atoms. The number of aryl methyl sites for hydroxylation is 1. The van der Waals surface area contributed by atoms with Gasteiger partial charge in [0.1, 0.15) is 5.75 Å². The second kappa shape index (κ2) is 6.64. The topological polar surface area (TPSA) is 51.5 Å². The van der Waals surface area contributed by atoms with E-state index in [1.165, 1.54) is 10.6 Å². The number of aromatic nitrogens is 1. The molecule has 1 amide bonds. The van der Waals surface area contributed by atoms with Gasteiger partial charge in [-0.1, -0.05) is 0 Å². The molecule has 1 heterocycles. The first kappa shape index (κ1) is 16.1. The quantitative estimate of drug-likeness (QED) is 0.834. The van der Waals surface area contributed by atoms with Crippen LogP contribution in [0.5, 0.6) is 5.75 Å². The van der Waals surface area contributed by atoms with Crippen molar-refractivity contribution in [3.05, 3.63) is 27.1 Å². The second-order valence-electron chi connectivity index (χ2n) is 5.61. The van der Waals surface area contributed by atoms with Crippen LogP contribution in [0.3, 0.4) is 0 Å². The Balaban J connectivity index is 1.96. The van der Waals surface area contributed by atoms with Crippen molar-refractivity contribution in [1.29, 1.82) is 0 Å². The lowest BCUT2D eigenvalue weighted by molar-refractivity contribution is -0.130. The van der Waals surface area contributed by atoms with Gasteiger partial charge in [0.05, 0.1) is 10.6 Å². The van der Waals surface area contributed by atoms with Gasteiger partial charge in [-0.3, -0.25) is 9.59 Å². The van der Waals surface area contributed by atoms with Gasteiger partial charge in [-0.25, -0.2) is 0 Å². The van der Waals surface area contributed by atoms with Crippen molar-refractivity contribution in [3.8, 4) is 5.75 Å². The molecule has 1 aliphatic rings. The lowest BCUT2D eigenvalue weighted by Crippen LogP contribution is -2.40. The highest BCUT2D eigenvalue weighted by atomic mass is 79.9. The highest BCUT2D eigenvalue weighted by Gasteiger charge is 2.26. The molecule has 1 aliphatic carbocycles. The van der Waals surface area contributed by atoms with E-state index < -0.39 is 0 Å². The fraction of sp³-hybridized carbons (Fsp3) is 0.600. The van der Waals surface area contributed by atoms with Crippen LogP contribution in [-0.2, 0) is 11.8 Å². The molecule has 0 saturated heterocycles. The Bertz CT molecular complexity index is 577. The van der Waals surface area contributed by atoms with Crippen molar-refractivity contribution in [2.24, 2.45) is 7.05 Å². The molecule has 0 atom stereocenters. The molecular weight excluding hydrogens is 336 g/mol. The molecule has 6 heteroatoms. The van der Waals surface area contributed by atoms with Crippen molar-refractivity contribution >= 4 is 21.8 Å². The van der Waals surface area contributed by atoms with Crippen molar-refractivity contribution < 1.29 is 9.53 Å². The number of nitrogens with zero attached hydrogens (tertiary/aromatic N) is 2. The summed E-state index contributed by atoms with van der Waals surface area (Å²) in [6.07, 6.45) is 5.47. The number of pyridine rings is 1. The number of carbonyl (C=O) groups is 1. The number of hydrogen-bond donors (Lipinski definition) is 0. The summed E-state index contributed by atoms with van der Waals surface area (Å²) >= 11 is 3.42. The first-order valence-corrected chi connectivity index (χ1v) is 7.94. The summed E-state index contributed by atoms with van der Waals surface area (Å²) < 4.78 is 8.24. The fourth-order valence-electron chi connectivity index (χ4n) is 2.66. The van der Waals surface area contributed by atoms with Crippen LogP contribution in [0.1, 0.15) is 32.6 Å². The van der Waals surface area contributed by atoms with Gasteiger partial charge in [0.15, 0.2) is 0 Å². The third kappa shape index (κ3) is 3.87. The van der Waals surface area contributed by atoms with Gasteiger partial charge in [0.25, 0.3) is 5.56 Å². The van der Waals surface area contributed by atoms with Gasteiger partial charge in [-0.05, 0) is 41.6 Å². The van der Waals surface area contributed by atoms with Crippen LogP contribution in [0.4, 0.5) is 0 Å². The number of carbonyl (C=O) groups excluding carboxylic acids is 1. The van der Waals surface area contributed by atoms with Gasteiger partial charge >= 0.3 is 0 Å². The number of rotatable bonds is 3. The molecule has 0 aliphatic heterocycles. The highest BCUT2D eigenvalue weighted by molar-refractivity contribution is 9.10. The van der Waals surface area contributed by atoms with E-state index in [9.17, 15) is 9.59 Å². The largest absolute Gasteiger partial charge is 0.489 e. The Labute approximate surface area is 133 Å². The molecule has 0 N–H and O–H groups in total. The van der Waals surface area contributed by atoms with E-state index in [4.69, 9.17) is 4.74 Å². The summed E-state index contributed by atoms with van der Waals surface area (Å²) in [6, 6.07) is 1.81.